The number of methoxy groups -OCH3 is 1. The summed E-state index contributed by atoms with van der Waals surface area (Å²) in [7, 11) is -3.35. The number of hydrogen-bond donors (Lipinski definition) is 2. The number of esters is 1. The Hall–Kier alpha value is 0.976. The zero-order valence-electron chi connectivity index (χ0n) is 8.67. The molecule has 0 bridgehead atoms. The number of aliphatic hydroxyl groups excluding tert-OH is 1. The van der Waals surface area contributed by atoms with Gasteiger partial charge in [-0.25, -0.2) is 0 Å². The number of carbonyl (C=O) groups excluding carboxylic acids is 1. The van der Waals surface area contributed by atoms with Crippen molar-refractivity contribution in [3.63, 3.8) is 0 Å². The summed E-state index contributed by atoms with van der Waals surface area (Å²) in [6.07, 6.45) is 0. The molecule has 0 aromatic rings. The van der Waals surface area contributed by atoms with Crippen LogP contribution in [0.3, 0.4) is 0 Å². The third-order valence-corrected chi connectivity index (χ3v) is 3.88. The molecule has 0 saturated heterocycles. The summed E-state index contributed by atoms with van der Waals surface area (Å²) in [6, 6.07) is 0. The van der Waals surface area contributed by atoms with Gasteiger partial charge in [0.1, 0.15) is 0 Å². The first-order valence-electron chi connectivity index (χ1n) is 4.36. The maximum atomic E-state index is 11.2. The molecular weight excluding hydrogens is 263 g/mol. The maximum absolute atomic E-state index is 11.2. The van der Waals surface area contributed by atoms with Gasteiger partial charge in [0, 0.05) is 5.92 Å². The molecule has 3 atom stereocenters. The molecule has 1 aliphatic rings. The second-order valence-electron chi connectivity index (χ2n) is 4.25. The molecule has 1 aliphatic carbocycles. The van der Waals surface area contributed by atoms with E-state index in [4.69, 9.17) is 4.55 Å². The number of hydrogen-bond acceptors (Lipinski definition) is 5. The predicted molar refractivity (Wildman–Crippen MR) is 57.5 cm³/mol. The Morgan fingerprint density at radius 1 is 1.44 bits per heavy atom. The average molecular weight is 278 g/mol. The van der Waals surface area contributed by atoms with E-state index in [1.807, 2.05) is 0 Å². The first-order valence-corrected chi connectivity index (χ1v) is 5.86. The first-order chi connectivity index (χ1) is 6.64. The van der Waals surface area contributed by atoms with Crippen LogP contribution in [0.25, 0.3) is 0 Å². The van der Waals surface area contributed by atoms with Gasteiger partial charge in [0.2, 0.25) is 0 Å². The van der Waals surface area contributed by atoms with Gasteiger partial charge in [-0.15, -0.1) is 0 Å². The topological polar surface area (TPSA) is 101 Å². The molecule has 16 heavy (non-hydrogen) atoms. The van der Waals surface area contributed by atoms with E-state index in [9.17, 15) is 18.3 Å². The summed E-state index contributed by atoms with van der Waals surface area (Å²) in [5, 5.41) is 9.33. The van der Waals surface area contributed by atoms with Crippen molar-refractivity contribution in [1.29, 1.82) is 0 Å². The molecule has 3 unspecified atom stereocenters. The molecule has 0 aromatic heterocycles. The van der Waals surface area contributed by atoms with E-state index in [0.29, 0.717) is 0 Å². The average Bonchev–Trinajstić information content (AvgIpc) is 2.64. The molecule has 0 spiro atoms. The summed E-state index contributed by atoms with van der Waals surface area (Å²) >= 11 is 0. The Kier molecular flexibility index (Phi) is 5.63. The van der Waals surface area contributed by atoms with Crippen molar-refractivity contribution in [3.8, 4) is 0 Å². The second kappa shape index (κ2) is 5.31. The van der Waals surface area contributed by atoms with Crippen molar-refractivity contribution in [2.24, 2.45) is 17.3 Å². The third kappa shape index (κ3) is 3.05. The van der Waals surface area contributed by atoms with E-state index in [-0.39, 0.29) is 51.4 Å². The van der Waals surface area contributed by atoms with E-state index in [1.165, 1.54) is 7.11 Å². The number of ether oxygens (including phenoxy) is 1. The minimum atomic E-state index is -4.54. The van der Waals surface area contributed by atoms with Crippen molar-refractivity contribution in [2.45, 2.75) is 19.3 Å². The molecule has 0 amide bonds. The third-order valence-electron chi connectivity index (χ3n) is 2.98. The van der Waals surface area contributed by atoms with Crippen LogP contribution in [0.15, 0.2) is 0 Å². The van der Waals surface area contributed by atoms with Crippen molar-refractivity contribution < 1.29 is 27.6 Å². The normalized spacial score (nSPS) is 28.8. The summed E-state index contributed by atoms with van der Waals surface area (Å²) in [5.41, 5.74) is -2.61. The molecule has 1 rings (SSSR count). The zero-order valence-corrected chi connectivity index (χ0v) is 9.48. The zero-order chi connectivity index (χ0) is 12.0. The summed E-state index contributed by atoms with van der Waals surface area (Å²) in [6.45, 7) is 3.27. The van der Waals surface area contributed by atoms with Crippen LogP contribution in [0, 0.1) is 17.3 Å². The van der Waals surface area contributed by atoms with Gasteiger partial charge in [-0.3, -0.25) is 9.35 Å². The van der Waals surface area contributed by atoms with Gasteiger partial charge in [-0.2, -0.15) is 8.42 Å². The first kappa shape index (κ1) is 17.0. The van der Waals surface area contributed by atoms with Gasteiger partial charge in [-0.1, -0.05) is 13.8 Å². The molecule has 0 aliphatic heterocycles. The van der Waals surface area contributed by atoms with Crippen LogP contribution < -0.4 is 0 Å². The fourth-order valence-corrected chi connectivity index (χ4v) is 2.85. The Labute approximate surface area is 137 Å². The molecule has 2 N–H and O–H groups in total. The molecular formula is C8H15KO6S. The Bertz CT molecular complexity index is 376. The van der Waals surface area contributed by atoms with Crippen LogP contribution in [0.4, 0.5) is 0 Å². The van der Waals surface area contributed by atoms with Gasteiger partial charge in [0.15, 0.2) is 5.44 Å². The SMILES string of the molecule is COC(=O)C1C(C(O)S(=O)(=O)O)C1(C)C.[KH]. The molecule has 0 heterocycles. The molecule has 0 radical (unpaired) electrons. The van der Waals surface area contributed by atoms with Gasteiger partial charge in [0.05, 0.1) is 13.0 Å². The Balaban J connectivity index is 0.00000225. The molecule has 6 nitrogen and oxygen atoms in total. The molecule has 0 aromatic carbocycles. The van der Waals surface area contributed by atoms with Crippen LogP contribution in [0.1, 0.15) is 13.8 Å². The van der Waals surface area contributed by atoms with Crippen LogP contribution in [0.2, 0.25) is 0 Å². The minimum absolute atomic E-state index is 0. The standard InChI is InChI=1S/C8H14O6S.K.H/c1-8(2)4(6(9)14-3)5(8)7(10)15(11,12)13;;/h4-5,7,10H,1-3H3,(H,11,12,13);;. The molecule has 1 saturated carbocycles. The van der Waals surface area contributed by atoms with Gasteiger partial charge >= 0.3 is 57.4 Å². The number of rotatable bonds is 3. The fraction of sp³-hybridized carbons (Fsp3) is 0.875. The summed E-state index contributed by atoms with van der Waals surface area (Å²) < 4.78 is 34.6. The number of aliphatic hydroxyl groups is 1. The van der Waals surface area contributed by atoms with E-state index in [2.05, 4.69) is 4.74 Å². The van der Waals surface area contributed by atoms with Gasteiger partial charge in [-0.05, 0) is 5.41 Å². The van der Waals surface area contributed by atoms with Crippen molar-refractivity contribution in [2.75, 3.05) is 7.11 Å². The van der Waals surface area contributed by atoms with E-state index in [0.717, 1.165) is 0 Å². The summed E-state index contributed by atoms with van der Waals surface area (Å²) in [5.74, 6) is -2.09. The van der Waals surface area contributed by atoms with Crippen LogP contribution in [-0.4, -0.2) is 88.0 Å². The van der Waals surface area contributed by atoms with Crippen molar-refractivity contribution in [1.82, 2.24) is 0 Å². The molecule has 1 fully saturated rings. The van der Waals surface area contributed by atoms with E-state index in [1.54, 1.807) is 13.8 Å². The van der Waals surface area contributed by atoms with Gasteiger partial charge < -0.3 is 9.84 Å². The monoisotopic (exact) mass is 278 g/mol. The summed E-state index contributed by atoms with van der Waals surface area (Å²) in [4.78, 5) is 11.2. The quantitative estimate of drug-likeness (QED) is 0.390. The number of carbonyl (C=O) groups is 1. The predicted octanol–water partition coefficient (Wildman–Crippen LogP) is -1.01. The van der Waals surface area contributed by atoms with E-state index < -0.39 is 38.8 Å². The Morgan fingerprint density at radius 3 is 2.19 bits per heavy atom. The fourth-order valence-electron chi connectivity index (χ4n) is 1.97. The van der Waals surface area contributed by atoms with Crippen LogP contribution in [-0.2, 0) is 19.6 Å². The van der Waals surface area contributed by atoms with Crippen molar-refractivity contribution >= 4 is 67.5 Å². The molecule has 90 valence electrons. The van der Waals surface area contributed by atoms with E-state index >= 15 is 0 Å². The van der Waals surface area contributed by atoms with Gasteiger partial charge in [0.25, 0.3) is 10.1 Å². The second-order valence-corrected chi connectivity index (χ2v) is 5.77. The van der Waals surface area contributed by atoms with Crippen molar-refractivity contribution in [3.05, 3.63) is 0 Å². The Morgan fingerprint density at radius 2 is 1.88 bits per heavy atom. The van der Waals surface area contributed by atoms with Crippen LogP contribution >= 0.6 is 0 Å². The molecule has 8 heteroatoms. The van der Waals surface area contributed by atoms with Crippen LogP contribution in [0.5, 0.6) is 0 Å².